The van der Waals surface area contributed by atoms with Gasteiger partial charge < -0.3 is 41.7 Å². The lowest BCUT2D eigenvalue weighted by atomic mass is 10.0. The molecule has 0 aromatic heterocycles. The zero-order valence-corrected chi connectivity index (χ0v) is 28.9. The van der Waals surface area contributed by atoms with Crippen LogP contribution in [-0.4, -0.2) is 126 Å². The normalized spacial score (nSPS) is 18.6. The fourth-order valence-electron chi connectivity index (χ4n) is 5.42. The maximum Gasteiger partial charge on any atom is 0.312 e. The highest BCUT2D eigenvalue weighted by molar-refractivity contribution is 7.85. The molecule has 1 aromatic carbocycles. The molecule has 1 saturated heterocycles. The van der Waals surface area contributed by atoms with Crippen molar-refractivity contribution in [2.75, 3.05) is 37.4 Å². The number of nitrogens with one attached hydrogen (secondary N) is 4. The Morgan fingerprint density at radius 1 is 1.02 bits per heavy atom. The lowest BCUT2D eigenvalue weighted by Gasteiger charge is -2.28. The summed E-state index contributed by atoms with van der Waals surface area (Å²) < 4.78 is 36.5. The lowest BCUT2D eigenvalue weighted by Crippen LogP contribution is -2.56. The number of ether oxygens (including phenoxy) is 1. The van der Waals surface area contributed by atoms with Gasteiger partial charge in [-0.1, -0.05) is 26.0 Å². The van der Waals surface area contributed by atoms with Crippen molar-refractivity contribution < 1.29 is 56.4 Å². The highest BCUT2D eigenvalue weighted by Gasteiger charge is 2.47. The largest absolute Gasteiger partial charge is 0.392 e. The van der Waals surface area contributed by atoms with Crippen LogP contribution in [-0.2, 0) is 50.2 Å². The number of aliphatic hydroxyl groups excluding tert-OH is 1. The molecule has 2 aliphatic heterocycles. The van der Waals surface area contributed by atoms with E-state index in [1.807, 2.05) is 0 Å². The zero-order valence-electron chi connectivity index (χ0n) is 28.1. The average molecular weight is 738 g/mol. The van der Waals surface area contributed by atoms with Crippen LogP contribution in [0.25, 0.3) is 0 Å². The number of benzene rings is 1. The third-order valence-corrected chi connectivity index (χ3v) is 8.72. The molecule has 8 amide bonds. The fraction of sp³-hybridized carbons (Fsp3) is 0.516. The minimum atomic E-state index is -4.34. The number of hydrogen-bond donors (Lipinski definition) is 7. The van der Waals surface area contributed by atoms with Crippen LogP contribution in [0.2, 0.25) is 0 Å². The summed E-state index contributed by atoms with van der Waals surface area (Å²) in [5.41, 5.74) is 6.11. The van der Waals surface area contributed by atoms with Crippen LogP contribution in [0.3, 0.4) is 0 Å². The standard InChI is InChI=1S/C31H43N7O12S/c1-18(2)27(29(44)35-22(4-3-11-33-31(32)46)28(43)34-20-7-5-19(16-39)6-8-20)36-24(40)15-37-21(17-50-12-13-51(47,48)49)14-23(30(37)45)38-25(41)9-10-26(38)42/h5-10,18,21-23,27,39H,3-4,11-17H2,1-2H3,(H,34,43)(H,35,44)(H,36,40)(H3,32,33,46)(H,47,48,49)/t21-,22-,23-,27-/m0/s1. The van der Waals surface area contributed by atoms with Crippen molar-refractivity contribution in [2.45, 2.75) is 63.9 Å². The Morgan fingerprint density at radius 3 is 2.24 bits per heavy atom. The number of urea groups is 1. The number of rotatable bonds is 19. The third kappa shape index (κ3) is 12.1. The summed E-state index contributed by atoms with van der Waals surface area (Å²) in [7, 11) is -4.34. The van der Waals surface area contributed by atoms with Gasteiger partial charge in [0.05, 0.1) is 38.2 Å². The summed E-state index contributed by atoms with van der Waals surface area (Å²) in [6.07, 6.45) is 2.19. The van der Waals surface area contributed by atoms with E-state index in [0.717, 1.165) is 22.0 Å². The summed E-state index contributed by atoms with van der Waals surface area (Å²) in [6.45, 7) is 1.82. The minimum Gasteiger partial charge on any atom is -0.392 e. The molecule has 0 bridgehead atoms. The number of likely N-dealkylation sites (tertiary alicyclic amines) is 1. The highest BCUT2D eigenvalue weighted by atomic mass is 32.2. The van der Waals surface area contributed by atoms with Crippen LogP contribution in [0.5, 0.6) is 0 Å². The average Bonchev–Trinajstić information content (AvgIpc) is 3.54. The van der Waals surface area contributed by atoms with Crippen molar-refractivity contribution in [2.24, 2.45) is 11.7 Å². The van der Waals surface area contributed by atoms with Gasteiger partial charge in [0.15, 0.2) is 0 Å². The predicted octanol–water partition coefficient (Wildman–Crippen LogP) is -2.01. The Kier molecular flexibility index (Phi) is 14.6. The van der Waals surface area contributed by atoms with Gasteiger partial charge in [-0.2, -0.15) is 8.42 Å². The van der Waals surface area contributed by atoms with Gasteiger partial charge in [0.1, 0.15) is 18.1 Å². The number of hydrogen-bond acceptors (Lipinski definition) is 11. The quantitative estimate of drug-likeness (QED) is 0.0461. The van der Waals surface area contributed by atoms with Gasteiger partial charge in [-0.05, 0) is 36.5 Å². The van der Waals surface area contributed by atoms with E-state index in [1.54, 1.807) is 38.1 Å². The van der Waals surface area contributed by atoms with Crippen molar-refractivity contribution in [3.05, 3.63) is 42.0 Å². The third-order valence-electron chi connectivity index (χ3n) is 8.04. The molecule has 0 aliphatic carbocycles. The van der Waals surface area contributed by atoms with Crippen molar-refractivity contribution >= 4 is 57.3 Å². The molecule has 0 radical (unpaired) electrons. The Labute approximate surface area is 294 Å². The van der Waals surface area contributed by atoms with E-state index in [4.69, 9.17) is 15.0 Å². The van der Waals surface area contributed by atoms with Crippen LogP contribution in [0, 0.1) is 5.92 Å². The van der Waals surface area contributed by atoms with E-state index in [2.05, 4.69) is 21.3 Å². The summed E-state index contributed by atoms with van der Waals surface area (Å²) in [5, 5.41) is 19.6. The topological polar surface area (TPSA) is 284 Å². The van der Waals surface area contributed by atoms with Crippen molar-refractivity contribution in [3.63, 3.8) is 0 Å². The molecule has 19 nitrogen and oxygen atoms in total. The monoisotopic (exact) mass is 737 g/mol. The molecule has 4 atom stereocenters. The van der Waals surface area contributed by atoms with Gasteiger partial charge >= 0.3 is 6.03 Å². The smallest absolute Gasteiger partial charge is 0.312 e. The molecule has 1 aromatic rings. The van der Waals surface area contributed by atoms with Crippen molar-refractivity contribution in [1.82, 2.24) is 25.8 Å². The predicted molar refractivity (Wildman–Crippen MR) is 179 cm³/mol. The number of anilines is 1. The first kappa shape index (κ1) is 40.5. The second kappa shape index (κ2) is 18.4. The molecule has 20 heteroatoms. The Morgan fingerprint density at radius 2 is 1.67 bits per heavy atom. The molecule has 0 spiro atoms. The maximum atomic E-state index is 13.5. The lowest BCUT2D eigenvalue weighted by molar-refractivity contribution is -0.147. The molecule has 0 saturated carbocycles. The van der Waals surface area contributed by atoms with Gasteiger partial charge in [-0.15, -0.1) is 0 Å². The van der Waals surface area contributed by atoms with Gasteiger partial charge in [-0.3, -0.25) is 38.2 Å². The molecule has 0 unspecified atom stereocenters. The fourth-order valence-corrected chi connectivity index (χ4v) is 5.75. The molecule has 2 heterocycles. The number of amides is 8. The zero-order chi connectivity index (χ0) is 37.9. The first-order valence-electron chi connectivity index (χ1n) is 16.0. The molecule has 8 N–H and O–H groups in total. The number of primary amides is 1. The van der Waals surface area contributed by atoms with E-state index in [9.17, 15) is 47.1 Å². The molecule has 51 heavy (non-hydrogen) atoms. The molecular weight excluding hydrogens is 694 g/mol. The SMILES string of the molecule is CC(C)[C@H](NC(=O)CN1C(=O)[C@@H](N2C(=O)C=CC2=O)C[C@H]1COCCS(=O)(=O)O)C(=O)N[C@@H](CCCNC(N)=O)C(=O)Nc1ccc(CO)cc1. The number of nitrogens with two attached hydrogens (primary N) is 1. The van der Waals surface area contributed by atoms with Crippen molar-refractivity contribution in [1.29, 1.82) is 0 Å². The van der Waals surface area contributed by atoms with Gasteiger partial charge in [0.2, 0.25) is 23.6 Å². The van der Waals surface area contributed by atoms with Crippen LogP contribution >= 0.6 is 0 Å². The second-order valence-corrected chi connectivity index (χ2v) is 13.8. The van der Waals surface area contributed by atoms with Gasteiger partial charge in [0.25, 0.3) is 21.9 Å². The van der Waals surface area contributed by atoms with Crippen LogP contribution in [0.15, 0.2) is 36.4 Å². The summed E-state index contributed by atoms with van der Waals surface area (Å²) in [6, 6.07) is 1.08. The number of carbonyl (C=O) groups excluding carboxylic acids is 7. The van der Waals surface area contributed by atoms with E-state index >= 15 is 0 Å². The van der Waals surface area contributed by atoms with E-state index in [-0.39, 0.29) is 39.0 Å². The molecule has 2 aliphatic rings. The van der Waals surface area contributed by atoms with Crippen LogP contribution in [0.1, 0.15) is 38.7 Å². The van der Waals surface area contributed by atoms with Gasteiger partial charge in [0, 0.05) is 30.8 Å². The Hall–Kier alpha value is -4.92. The van der Waals surface area contributed by atoms with Crippen LogP contribution in [0.4, 0.5) is 10.5 Å². The summed E-state index contributed by atoms with van der Waals surface area (Å²) in [4.78, 5) is 91.2. The highest BCUT2D eigenvalue weighted by Crippen LogP contribution is 2.26. The Bertz CT molecular complexity index is 1600. The number of carbonyl (C=O) groups is 7. The maximum absolute atomic E-state index is 13.5. The molecule has 3 rings (SSSR count). The first-order chi connectivity index (χ1) is 24.0. The van der Waals surface area contributed by atoms with E-state index < -0.39 is 101 Å². The first-order valence-corrected chi connectivity index (χ1v) is 17.6. The molecule has 280 valence electrons. The minimum absolute atomic E-state index is 0.0665. The summed E-state index contributed by atoms with van der Waals surface area (Å²) >= 11 is 0. The van der Waals surface area contributed by atoms with Crippen molar-refractivity contribution in [3.8, 4) is 0 Å². The molecular formula is C31H43N7O12S. The summed E-state index contributed by atoms with van der Waals surface area (Å²) in [5.74, 6) is -5.58. The number of aliphatic hydroxyl groups is 1. The van der Waals surface area contributed by atoms with Crippen LogP contribution < -0.4 is 27.0 Å². The Balaban J connectivity index is 1.73. The second-order valence-electron chi connectivity index (χ2n) is 12.2. The molecule has 1 fully saturated rings. The number of imide groups is 1. The van der Waals surface area contributed by atoms with Gasteiger partial charge in [-0.25, -0.2) is 4.79 Å². The van der Waals surface area contributed by atoms with E-state index in [1.165, 1.54) is 0 Å². The number of nitrogens with zero attached hydrogens (tertiary/aromatic N) is 2. The van der Waals surface area contributed by atoms with E-state index in [0.29, 0.717) is 11.3 Å².